The van der Waals surface area contributed by atoms with Gasteiger partial charge < -0.3 is 14.7 Å². The summed E-state index contributed by atoms with van der Waals surface area (Å²) >= 11 is 7.54. The van der Waals surface area contributed by atoms with Gasteiger partial charge in [0.2, 0.25) is 0 Å². The molecule has 1 atom stereocenters. The number of benzene rings is 1. The van der Waals surface area contributed by atoms with Crippen molar-refractivity contribution >= 4 is 40.4 Å². The van der Waals surface area contributed by atoms with Crippen molar-refractivity contribution < 1.29 is 4.79 Å². The lowest BCUT2D eigenvalue weighted by atomic mass is 10.1. The van der Waals surface area contributed by atoms with E-state index in [1.54, 1.807) is 11.3 Å². The molecule has 1 aromatic carbocycles. The molecule has 0 N–H and O–H groups in total. The van der Waals surface area contributed by atoms with E-state index < -0.39 is 0 Å². The van der Waals surface area contributed by atoms with E-state index in [1.807, 2.05) is 47.5 Å². The van der Waals surface area contributed by atoms with E-state index in [2.05, 4.69) is 34.9 Å². The molecule has 1 amide bonds. The molecule has 0 saturated carbocycles. The van der Waals surface area contributed by atoms with Crippen LogP contribution in [0.5, 0.6) is 0 Å². The average molecular weight is 439 g/mol. The summed E-state index contributed by atoms with van der Waals surface area (Å²) in [7, 11) is 4.25. The lowest BCUT2D eigenvalue weighted by molar-refractivity contribution is 0.1000. The van der Waals surface area contributed by atoms with Crippen LogP contribution >= 0.6 is 22.9 Å². The van der Waals surface area contributed by atoms with Crippen molar-refractivity contribution in [2.75, 3.05) is 37.0 Å². The molecule has 1 saturated heterocycles. The third-order valence-corrected chi connectivity index (χ3v) is 7.43. The zero-order chi connectivity index (χ0) is 20.8. The van der Waals surface area contributed by atoms with E-state index in [1.165, 1.54) is 0 Å². The van der Waals surface area contributed by atoms with Crippen LogP contribution in [0.1, 0.15) is 21.7 Å². The van der Waals surface area contributed by atoms with Crippen molar-refractivity contribution in [3.63, 3.8) is 0 Å². The number of hydrogen-bond acceptors (Lipinski definition) is 5. The lowest BCUT2D eigenvalue weighted by Crippen LogP contribution is -2.31. The molecule has 0 bridgehead atoms. The highest BCUT2D eigenvalue weighted by atomic mass is 35.5. The summed E-state index contributed by atoms with van der Waals surface area (Å²) in [6, 6.07) is 14.5. The van der Waals surface area contributed by atoms with Gasteiger partial charge in [0.25, 0.3) is 5.91 Å². The van der Waals surface area contributed by atoms with Crippen molar-refractivity contribution in [3.05, 3.63) is 64.1 Å². The number of aromatic nitrogens is 1. The van der Waals surface area contributed by atoms with Crippen LogP contribution in [0.15, 0.2) is 48.7 Å². The number of rotatable bonds is 4. The van der Waals surface area contributed by atoms with Crippen molar-refractivity contribution in [2.24, 2.45) is 0 Å². The van der Waals surface area contributed by atoms with Crippen molar-refractivity contribution in [2.45, 2.75) is 19.0 Å². The Morgan fingerprint density at radius 2 is 1.97 bits per heavy atom. The van der Waals surface area contributed by atoms with Gasteiger partial charge in [0.1, 0.15) is 5.82 Å². The highest BCUT2D eigenvalue weighted by Crippen LogP contribution is 2.38. The Morgan fingerprint density at radius 1 is 1.17 bits per heavy atom. The molecule has 0 radical (unpaired) electrons. The molecule has 4 heterocycles. The Morgan fingerprint density at radius 3 is 2.60 bits per heavy atom. The molecular formula is C23H23ClN4OS. The number of likely N-dealkylation sites (N-methyl/N-ethyl adjacent to an activating group) is 1. The molecule has 2 aliphatic rings. The monoisotopic (exact) mass is 438 g/mol. The Kier molecular flexibility index (Phi) is 5.01. The van der Waals surface area contributed by atoms with Gasteiger partial charge in [-0.15, -0.1) is 11.3 Å². The molecule has 0 unspecified atom stereocenters. The Bertz CT molecular complexity index is 1080. The summed E-state index contributed by atoms with van der Waals surface area (Å²) in [6.45, 7) is 2.60. The summed E-state index contributed by atoms with van der Waals surface area (Å²) in [4.78, 5) is 26.0. The van der Waals surface area contributed by atoms with Crippen LogP contribution in [0.25, 0.3) is 10.4 Å². The normalized spacial score (nSPS) is 18.5. The van der Waals surface area contributed by atoms with Gasteiger partial charge in [-0.3, -0.25) is 4.79 Å². The molecule has 2 aliphatic heterocycles. The van der Waals surface area contributed by atoms with Crippen LogP contribution in [0, 0.1) is 0 Å². The fourth-order valence-corrected chi connectivity index (χ4v) is 5.41. The summed E-state index contributed by atoms with van der Waals surface area (Å²) < 4.78 is 0. The number of amides is 1. The quantitative estimate of drug-likeness (QED) is 0.588. The molecule has 2 aromatic heterocycles. The highest BCUT2D eigenvalue weighted by molar-refractivity contribution is 7.17. The van der Waals surface area contributed by atoms with E-state index in [9.17, 15) is 4.79 Å². The van der Waals surface area contributed by atoms with Gasteiger partial charge in [-0.1, -0.05) is 23.7 Å². The Labute approximate surface area is 185 Å². The Balaban J connectivity index is 1.31. The molecule has 0 spiro atoms. The zero-order valence-electron chi connectivity index (χ0n) is 17.0. The number of carbonyl (C=O) groups excluding carboxylic acids is 1. The first-order chi connectivity index (χ1) is 14.5. The molecule has 154 valence electrons. The molecule has 1 fully saturated rings. The van der Waals surface area contributed by atoms with Gasteiger partial charge in [0.15, 0.2) is 0 Å². The van der Waals surface area contributed by atoms with Crippen LogP contribution in [-0.4, -0.2) is 49.0 Å². The summed E-state index contributed by atoms with van der Waals surface area (Å²) in [5.74, 6) is 1.04. The first-order valence-electron chi connectivity index (χ1n) is 10.1. The van der Waals surface area contributed by atoms with Crippen LogP contribution in [0.4, 0.5) is 11.5 Å². The maximum atomic E-state index is 13.0. The zero-order valence-corrected chi connectivity index (χ0v) is 18.6. The number of hydrogen-bond donors (Lipinski definition) is 0. The minimum absolute atomic E-state index is 0.0543. The van der Waals surface area contributed by atoms with Crippen LogP contribution in [-0.2, 0) is 6.54 Å². The van der Waals surface area contributed by atoms with Gasteiger partial charge in [-0.2, -0.15) is 0 Å². The second-order valence-electron chi connectivity index (χ2n) is 8.09. The standard InChI is InChI=1S/C23H23ClN4OS/c1-26(2)19-9-10-27(14-19)21-8-7-18(12-25-21)28-13-16-11-20(30-22(16)23(28)29)15-3-5-17(24)6-4-15/h3-8,11-12,19H,9-10,13-14H2,1-2H3/t19-/m1/s1. The highest BCUT2D eigenvalue weighted by Gasteiger charge is 2.32. The molecule has 0 aliphatic carbocycles. The first-order valence-corrected chi connectivity index (χ1v) is 11.3. The fourth-order valence-electron chi connectivity index (χ4n) is 4.15. The number of halogens is 1. The Hall–Kier alpha value is -2.41. The van der Waals surface area contributed by atoms with E-state index in [4.69, 9.17) is 11.6 Å². The summed E-state index contributed by atoms with van der Waals surface area (Å²) in [5, 5.41) is 0.715. The maximum absolute atomic E-state index is 13.0. The van der Waals surface area contributed by atoms with E-state index in [0.29, 0.717) is 17.6 Å². The van der Waals surface area contributed by atoms with Crippen LogP contribution in [0.2, 0.25) is 5.02 Å². The predicted octanol–water partition coefficient (Wildman–Crippen LogP) is 4.76. The number of fused-ring (bicyclic) bond motifs is 1. The molecule has 30 heavy (non-hydrogen) atoms. The van der Waals surface area contributed by atoms with Crippen molar-refractivity contribution in [1.82, 2.24) is 9.88 Å². The molecule has 5 rings (SSSR count). The lowest BCUT2D eigenvalue weighted by Gasteiger charge is -2.22. The smallest absolute Gasteiger partial charge is 0.269 e. The van der Waals surface area contributed by atoms with E-state index >= 15 is 0 Å². The SMILES string of the molecule is CN(C)[C@@H]1CCN(c2ccc(N3Cc4cc(-c5ccc(Cl)cc5)sc4C3=O)cn2)C1. The maximum Gasteiger partial charge on any atom is 0.269 e. The molecule has 5 nitrogen and oxygen atoms in total. The largest absolute Gasteiger partial charge is 0.355 e. The van der Waals surface area contributed by atoms with Crippen LogP contribution < -0.4 is 9.80 Å². The number of pyridine rings is 1. The number of anilines is 2. The summed E-state index contributed by atoms with van der Waals surface area (Å²) in [5.41, 5.74) is 3.02. The minimum atomic E-state index is 0.0543. The van der Waals surface area contributed by atoms with Crippen molar-refractivity contribution in [1.29, 1.82) is 0 Å². The topological polar surface area (TPSA) is 39.7 Å². The minimum Gasteiger partial charge on any atom is -0.355 e. The third kappa shape index (κ3) is 3.49. The second kappa shape index (κ2) is 7.69. The second-order valence-corrected chi connectivity index (χ2v) is 9.58. The van der Waals surface area contributed by atoms with Gasteiger partial charge in [-0.05, 0) is 62.0 Å². The molecule has 3 aromatic rings. The fraction of sp³-hybridized carbons (Fsp3) is 0.304. The van der Waals surface area contributed by atoms with Crippen molar-refractivity contribution in [3.8, 4) is 10.4 Å². The van der Waals surface area contributed by atoms with Gasteiger partial charge in [-0.25, -0.2) is 4.98 Å². The molecule has 7 heteroatoms. The third-order valence-electron chi connectivity index (χ3n) is 5.97. The number of thiophene rings is 1. The van der Waals surface area contributed by atoms with E-state index in [-0.39, 0.29) is 5.91 Å². The van der Waals surface area contributed by atoms with Gasteiger partial charge >= 0.3 is 0 Å². The van der Waals surface area contributed by atoms with E-state index in [0.717, 1.165) is 51.9 Å². The van der Waals surface area contributed by atoms with Crippen LogP contribution in [0.3, 0.4) is 0 Å². The summed E-state index contributed by atoms with van der Waals surface area (Å²) in [6.07, 6.45) is 2.98. The molecular weight excluding hydrogens is 416 g/mol. The predicted molar refractivity (Wildman–Crippen MR) is 124 cm³/mol. The number of nitrogens with zero attached hydrogens (tertiary/aromatic N) is 4. The average Bonchev–Trinajstić information content (AvgIpc) is 3.45. The van der Waals surface area contributed by atoms with Gasteiger partial charge in [0.05, 0.1) is 23.3 Å². The first kappa shape index (κ1) is 19.5. The number of carbonyl (C=O) groups is 1. The van der Waals surface area contributed by atoms with Gasteiger partial charge in [0, 0.05) is 29.0 Å².